The Hall–Kier alpha value is 0.642. The van der Waals surface area contributed by atoms with Crippen LogP contribution in [0.4, 0.5) is 17.6 Å². The van der Waals surface area contributed by atoms with Crippen molar-refractivity contribution in [1.82, 2.24) is 0 Å². The van der Waals surface area contributed by atoms with Gasteiger partial charge in [0.2, 0.25) is 0 Å². The standard InChI is InChI=1S/C2HF4.CH3.Pb/c3-1-2(4,5)6;;/h1H;1H3;/q;;+2. The van der Waals surface area contributed by atoms with Gasteiger partial charge in [-0.3, -0.25) is 0 Å². The van der Waals surface area contributed by atoms with Crippen molar-refractivity contribution in [3.8, 4) is 0 Å². The number of hydrogen-bond acceptors (Lipinski definition) is 0. The summed E-state index contributed by atoms with van der Waals surface area (Å²) in [5, 5.41) is 0. The molecule has 0 rings (SSSR count). The molecule has 5 heteroatoms. The molecule has 1 unspecified atom stereocenters. The summed E-state index contributed by atoms with van der Waals surface area (Å²) in [5.74, 6) is 0. The third-order valence-electron chi connectivity index (χ3n) is 0.541. The van der Waals surface area contributed by atoms with Crippen LogP contribution in [0.1, 0.15) is 0 Å². The Morgan fingerprint density at radius 2 is 1.75 bits per heavy atom. The van der Waals surface area contributed by atoms with E-state index in [1.165, 1.54) is 4.48 Å². The van der Waals surface area contributed by atoms with Crippen molar-refractivity contribution in [2.45, 2.75) is 14.4 Å². The van der Waals surface area contributed by atoms with E-state index in [-0.39, 0.29) is 0 Å². The van der Waals surface area contributed by atoms with Gasteiger partial charge in [-0.25, -0.2) is 0 Å². The first-order valence-corrected chi connectivity index (χ1v) is 7.99. The van der Waals surface area contributed by atoms with Crippen LogP contribution in [0, 0.1) is 0 Å². The van der Waals surface area contributed by atoms with Crippen LogP contribution in [0.25, 0.3) is 0 Å². The topological polar surface area (TPSA) is 0 Å². The molecule has 0 saturated carbocycles. The van der Waals surface area contributed by atoms with E-state index in [1.807, 2.05) is 0 Å². The molecule has 0 aromatic rings. The predicted molar refractivity (Wildman–Crippen MR) is 22.6 cm³/mol. The Balaban J connectivity index is 3.62. The monoisotopic (exact) mass is 324 g/mol. The van der Waals surface area contributed by atoms with E-state index in [0.717, 1.165) is 0 Å². The predicted octanol–water partition coefficient (Wildman–Crippen LogP) is 1.60. The molecular weight excluding hydrogens is 319 g/mol. The number of hydrogen-bond donors (Lipinski definition) is 0. The van der Waals surface area contributed by atoms with Crippen molar-refractivity contribution in [3.63, 3.8) is 0 Å². The Labute approximate surface area is 56.5 Å². The van der Waals surface area contributed by atoms with Crippen LogP contribution < -0.4 is 0 Å². The molecule has 0 spiro atoms. The van der Waals surface area contributed by atoms with Gasteiger partial charge in [0.1, 0.15) is 0 Å². The van der Waals surface area contributed by atoms with E-state index < -0.39 is 34.1 Å². The molecule has 46 valence electrons. The summed E-state index contributed by atoms with van der Waals surface area (Å²) >= 11 is -1.98. The van der Waals surface area contributed by atoms with Gasteiger partial charge in [0.05, 0.1) is 0 Å². The molecule has 1 atom stereocenters. The molecule has 0 aliphatic heterocycles. The number of rotatable bonds is 1. The van der Waals surface area contributed by atoms with Crippen LogP contribution >= 0.6 is 0 Å². The van der Waals surface area contributed by atoms with Crippen molar-refractivity contribution in [3.05, 3.63) is 0 Å². The Kier molecular flexibility index (Phi) is 3.22. The minimum atomic E-state index is -4.57. The fourth-order valence-electron chi connectivity index (χ4n) is 0.164. The second-order valence-corrected chi connectivity index (χ2v) is 5.41. The van der Waals surface area contributed by atoms with Gasteiger partial charge in [0.25, 0.3) is 0 Å². The first kappa shape index (κ1) is 8.64. The summed E-state index contributed by atoms with van der Waals surface area (Å²) in [6, 6.07) is 0. The van der Waals surface area contributed by atoms with Gasteiger partial charge in [0.15, 0.2) is 0 Å². The summed E-state index contributed by atoms with van der Waals surface area (Å²) in [7, 11) is 0. The fourth-order valence-corrected chi connectivity index (χ4v) is 1.44. The van der Waals surface area contributed by atoms with Gasteiger partial charge in [-0.1, -0.05) is 0 Å². The molecule has 0 saturated heterocycles. The number of alkyl halides is 4. The zero-order valence-electron chi connectivity index (χ0n) is 4.09. The molecule has 0 fully saturated rings. The van der Waals surface area contributed by atoms with Crippen molar-refractivity contribution < 1.29 is 17.6 Å². The van der Waals surface area contributed by atoms with Crippen molar-refractivity contribution in [2.75, 3.05) is 0 Å². The fraction of sp³-hybridized carbons (Fsp3) is 1.00. The molecule has 0 aromatic heterocycles. The van der Waals surface area contributed by atoms with E-state index in [1.54, 1.807) is 0 Å². The molecular formula is C3H4F4Pb+2. The molecule has 0 N–H and O–H groups in total. The van der Waals surface area contributed by atoms with Gasteiger partial charge in [-0.05, 0) is 0 Å². The molecule has 0 aliphatic carbocycles. The van der Waals surface area contributed by atoms with Crippen molar-refractivity contribution >= 4 is 24.2 Å². The van der Waals surface area contributed by atoms with Crippen LogP contribution in [-0.2, 0) is 0 Å². The van der Waals surface area contributed by atoms with E-state index in [2.05, 4.69) is 0 Å². The molecule has 0 nitrogen and oxygen atoms in total. The van der Waals surface area contributed by atoms with Gasteiger partial charge in [-0.2, -0.15) is 0 Å². The van der Waals surface area contributed by atoms with E-state index in [0.29, 0.717) is 0 Å². The maximum absolute atomic E-state index is 11.6. The molecule has 0 aliphatic rings. The molecule has 8 heavy (non-hydrogen) atoms. The van der Waals surface area contributed by atoms with Crippen LogP contribution in [0.3, 0.4) is 0 Å². The van der Waals surface area contributed by atoms with Crippen molar-refractivity contribution in [1.29, 1.82) is 0 Å². The SMILES string of the molecule is [CH3][Pb+2][CH](F)C(F)(F)F. The van der Waals surface area contributed by atoms with Gasteiger partial charge >= 0.3 is 56.2 Å². The van der Waals surface area contributed by atoms with E-state index in [4.69, 9.17) is 0 Å². The summed E-state index contributed by atoms with van der Waals surface area (Å²) in [6.45, 7) is 0. The first-order chi connectivity index (χ1) is 3.48. The summed E-state index contributed by atoms with van der Waals surface area (Å²) in [5.41, 5.74) is 0. The van der Waals surface area contributed by atoms with Crippen LogP contribution in [-0.4, -0.2) is 34.1 Å². The Morgan fingerprint density at radius 3 is 1.75 bits per heavy atom. The average molecular weight is 323 g/mol. The maximum atomic E-state index is 11.6. The van der Waals surface area contributed by atoms with Gasteiger partial charge in [-0.15, -0.1) is 0 Å². The summed E-state index contributed by atoms with van der Waals surface area (Å²) < 4.78 is 43.9. The molecule has 0 amide bonds. The van der Waals surface area contributed by atoms with Crippen LogP contribution in [0.5, 0.6) is 0 Å². The first-order valence-electron chi connectivity index (χ1n) is 1.86. The molecule has 0 heterocycles. The zero-order chi connectivity index (χ0) is 6.78. The molecule has 0 bridgehead atoms. The van der Waals surface area contributed by atoms with Crippen LogP contribution in [0.15, 0.2) is 0 Å². The van der Waals surface area contributed by atoms with E-state index in [9.17, 15) is 17.6 Å². The second-order valence-electron chi connectivity index (χ2n) is 1.19. The van der Waals surface area contributed by atoms with Crippen LogP contribution in [0.2, 0.25) is 4.48 Å². The number of halogens is 4. The Morgan fingerprint density at radius 1 is 1.38 bits per heavy atom. The normalized spacial score (nSPS) is 15.1. The Bertz CT molecular complexity index is 68.2. The minimum absolute atomic E-state index is 1.35. The quantitative estimate of drug-likeness (QED) is 0.508. The summed E-state index contributed by atoms with van der Waals surface area (Å²) in [4.78, 5) is 0. The zero-order valence-corrected chi connectivity index (χ0v) is 7.98. The average Bonchev–Trinajstić information content (AvgIpc) is 1.62. The van der Waals surface area contributed by atoms with Gasteiger partial charge in [0, 0.05) is 0 Å². The van der Waals surface area contributed by atoms with E-state index >= 15 is 0 Å². The summed E-state index contributed by atoms with van der Waals surface area (Å²) in [6.07, 6.45) is -4.57. The molecule has 0 radical (unpaired) electrons. The van der Waals surface area contributed by atoms with Gasteiger partial charge < -0.3 is 0 Å². The van der Waals surface area contributed by atoms with Crippen molar-refractivity contribution in [2.24, 2.45) is 0 Å². The third kappa shape index (κ3) is 2.83. The second kappa shape index (κ2) is 2.98. The third-order valence-corrected chi connectivity index (χ3v) is 3.78. The molecule has 0 aromatic carbocycles.